The van der Waals surface area contributed by atoms with Crippen molar-refractivity contribution in [3.05, 3.63) is 145 Å². The van der Waals surface area contributed by atoms with Crippen LogP contribution in [0.15, 0.2) is 144 Å². The van der Waals surface area contributed by atoms with Crippen LogP contribution in [-0.2, 0) is 5.41 Å². The summed E-state index contributed by atoms with van der Waals surface area (Å²) in [5.41, 5.74) is 11.8. The van der Waals surface area contributed by atoms with Crippen LogP contribution in [0, 0.1) is 0 Å². The molecular formula is C41H32N2O. The van der Waals surface area contributed by atoms with Gasteiger partial charge in [0, 0.05) is 27.6 Å². The lowest BCUT2D eigenvalue weighted by molar-refractivity contribution is 0.590. The van der Waals surface area contributed by atoms with Crippen molar-refractivity contribution in [2.75, 3.05) is 0 Å². The van der Waals surface area contributed by atoms with Crippen molar-refractivity contribution in [2.24, 2.45) is 0 Å². The molecule has 8 rings (SSSR count). The van der Waals surface area contributed by atoms with E-state index in [1.807, 2.05) is 12.1 Å². The predicted molar refractivity (Wildman–Crippen MR) is 183 cm³/mol. The fourth-order valence-corrected chi connectivity index (χ4v) is 6.27. The molecular weight excluding hydrogens is 536 g/mol. The zero-order chi connectivity index (χ0) is 29.8. The van der Waals surface area contributed by atoms with Gasteiger partial charge in [-0.25, -0.2) is 4.98 Å². The molecule has 0 radical (unpaired) electrons. The van der Waals surface area contributed by atoms with E-state index in [2.05, 4.69) is 153 Å². The van der Waals surface area contributed by atoms with Crippen molar-refractivity contribution in [1.82, 2.24) is 9.55 Å². The molecule has 0 atom stereocenters. The lowest BCUT2D eigenvalue weighted by atomic mass is 9.86. The maximum atomic E-state index is 6.50. The molecule has 8 aromatic rings. The molecule has 2 aromatic heterocycles. The van der Waals surface area contributed by atoms with E-state index in [-0.39, 0.29) is 5.41 Å². The summed E-state index contributed by atoms with van der Waals surface area (Å²) in [6.45, 7) is 6.76. The number of nitrogens with zero attached hydrogens (tertiary/aromatic N) is 2. The maximum absolute atomic E-state index is 6.50. The van der Waals surface area contributed by atoms with Gasteiger partial charge >= 0.3 is 0 Å². The number of hydrogen-bond acceptors (Lipinski definition) is 2. The third-order valence-corrected chi connectivity index (χ3v) is 8.57. The van der Waals surface area contributed by atoms with Crippen LogP contribution in [0.25, 0.3) is 72.3 Å². The van der Waals surface area contributed by atoms with Crippen LogP contribution < -0.4 is 0 Å². The van der Waals surface area contributed by atoms with Gasteiger partial charge in [-0.2, -0.15) is 0 Å². The Morgan fingerprint density at radius 1 is 0.568 bits per heavy atom. The Bertz CT molecular complexity index is 2300. The third-order valence-electron chi connectivity index (χ3n) is 8.57. The Kier molecular flexibility index (Phi) is 6.02. The van der Waals surface area contributed by atoms with E-state index in [0.29, 0.717) is 0 Å². The van der Waals surface area contributed by atoms with Crippen molar-refractivity contribution < 1.29 is 4.42 Å². The molecule has 0 aliphatic heterocycles. The van der Waals surface area contributed by atoms with Gasteiger partial charge in [-0.15, -0.1) is 0 Å². The summed E-state index contributed by atoms with van der Waals surface area (Å²) in [6.07, 6.45) is 0. The van der Waals surface area contributed by atoms with Gasteiger partial charge < -0.3 is 4.42 Å². The largest absolute Gasteiger partial charge is 0.455 e. The first-order chi connectivity index (χ1) is 21.4. The summed E-state index contributed by atoms with van der Waals surface area (Å²) < 4.78 is 8.77. The normalized spacial score (nSPS) is 12.0. The SMILES string of the molecule is CC(C)(C)c1ccc(-c2cc(-c3cccc4c3oc3ccccc34)cc(-c3nc4ccccc4n3-c3ccccc3)c2)cc1. The summed E-state index contributed by atoms with van der Waals surface area (Å²) in [4.78, 5) is 5.21. The second-order valence-electron chi connectivity index (χ2n) is 12.5. The molecule has 0 fully saturated rings. The van der Waals surface area contributed by atoms with E-state index in [1.165, 1.54) is 11.1 Å². The average molecular weight is 569 g/mol. The summed E-state index contributed by atoms with van der Waals surface area (Å²) in [7, 11) is 0. The molecule has 0 N–H and O–H groups in total. The van der Waals surface area contributed by atoms with Crippen LogP contribution >= 0.6 is 0 Å². The number of hydrogen-bond donors (Lipinski definition) is 0. The van der Waals surface area contributed by atoms with Crippen molar-refractivity contribution in [1.29, 1.82) is 0 Å². The van der Waals surface area contributed by atoms with E-state index in [0.717, 1.165) is 66.7 Å². The van der Waals surface area contributed by atoms with Crippen LogP contribution in [0.1, 0.15) is 26.3 Å². The van der Waals surface area contributed by atoms with Crippen molar-refractivity contribution in [2.45, 2.75) is 26.2 Å². The molecule has 0 saturated heterocycles. The molecule has 0 saturated carbocycles. The second kappa shape index (κ2) is 10.1. The minimum atomic E-state index is 0.0863. The molecule has 0 amide bonds. The monoisotopic (exact) mass is 568 g/mol. The van der Waals surface area contributed by atoms with Gasteiger partial charge in [-0.05, 0) is 76.2 Å². The standard InChI is InChI=1S/C41H32N2O/c1-41(2,3)31-22-20-27(21-23-31)28-24-29(33-15-11-16-35-34-14-7-10-19-38(34)44-39(33)35)26-30(25-28)40-42-36-17-8-9-18-37(36)43(40)32-12-5-4-6-13-32/h4-26H,1-3H3. The molecule has 0 unspecified atom stereocenters. The number of benzene rings is 6. The van der Waals surface area contributed by atoms with Gasteiger partial charge in [-0.3, -0.25) is 4.57 Å². The number of fused-ring (bicyclic) bond motifs is 4. The van der Waals surface area contributed by atoms with Crippen LogP contribution in [0.3, 0.4) is 0 Å². The van der Waals surface area contributed by atoms with E-state index in [9.17, 15) is 0 Å². The molecule has 0 aliphatic rings. The highest BCUT2D eigenvalue weighted by Crippen LogP contribution is 2.40. The highest BCUT2D eigenvalue weighted by atomic mass is 16.3. The van der Waals surface area contributed by atoms with E-state index in [4.69, 9.17) is 9.40 Å². The number of imidazole rings is 1. The summed E-state index contributed by atoms with van der Waals surface area (Å²) >= 11 is 0. The van der Waals surface area contributed by atoms with Crippen molar-refractivity contribution in [3.63, 3.8) is 0 Å². The Morgan fingerprint density at radius 3 is 2.07 bits per heavy atom. The van der Waals surface area contributed by atoms with Gasteiger partial charge in [0.1, 0.15) is 17.0 Å². The first-order valence-electron chi connectivity index (χ1n) is 15.1. The predicted octanol–water partition coefficient (Wildman–Crippen LogP) is 11.2. The fourth-order valence-electron chi connectivity index (χ4n) is 6.27. The quantitative estimate of drug-likeness (QED) is 0.211. The Morgan fingerprint density at radius 2 is 1.25 bits per heavy atom. The molecule has 3 nitrogen and oxygen atoms in total. The molecule has 3 heteroatoms. The van der Waals surface area contributed by atoms with Crippen LogP contribution in [-0.4, -0.2) is 9.55 Å². The fraction of sp³-hybridized carbons (Fsp3) is 0.0976. The Balaban J connectivity index is 1.41. The first kappa shape index (κ1) is 26.2. The van der Waals surface area contributed by atoms with Gasteiger partial charge in [-0.1, -0.05) is 112 Å². The lowest BCUT2D eigenvalue weighted by Gasteiger charge is -2.19. The first-order valence-corrected chi connectivity index (χ1v) is 15.1. The Labute approximate surface area is 257 Å². The lowest BCUT2D eigenvalue weighted by Crippen LogP contribution is -2.10. The average Bonchev–Trinajstić information content (AvgIpc) is 3.64. The molecule has 6 aromatic carbocycles. The minimum absolute atomic E-state index is 0.0863. The van der Waals surface area contributed by atoms with Gasteiger partial charge in [0.25, 0.3) is 0 Å². The van der Waals surface area contributed by atoms with Crippen LogP contribution in [0.2, 0.25) is 0 Å². The number of para-hydroxylation sites is 5. The summed E-state index contributed by atoms with van der Waals surface area (Å²) in [5, 5.41) is 2.25. The minimum Gasteiger partial charge on any atom is -0.455 e. The number of furan rings is 1. The summed E-state index contributed by atoms with van der Waals surface area (Å²) in [5.74, 6) is 0.906. The molecule has 212 valence electrons. The summed E-state index contributed by atoms with van der Waals surface area (Å²) in [6, 6.07) is 49.4. The topological polar surface area (TPSA) is 31.0 Å². The second-order valence-corrected chi connectivity index (χ2v) is 12.5. The van der Waals surface area contributed by atoms with Crippen LogP contribution in [0.5, 0.6) is 0 Å². The molecule has 0 bridgehead atoms. The van der Waals surface area contributed by atoms with E-state index < -0.39 is 0 Å². The van der Waals surface area contributed by atoms with Crippen molar-refractivity contribution in [3.8, 4) is 39.3 Å². The van der Waals surface area contributed by atoms with Crippen LogP contribution in [0.4, 0.5) is 0 Å². The smallest absolute Gasteiger partial charge is 0.145 e. The molecule has 0 aliphatic carbocycles. The van der Waals surface area contributed by atoms with E-state index in [1.54, 1.807) is 0 Å². The highest BCUT2D eigenvalue weighted by molar-refractivity contribution is 6.09. The van der Waals surface area contributed by atoms with E-state index >= 15 is 0 Å². The molecule has 0 spiro atoms. The number of rotatable bonds is 4. The number of aromatic nitrogens is 2. The van der Waals surface area contributed by atoms with Crippen molar-refractivity contribution >= 4 is 33.0 Å². The zero-order valence-corrected chi connectivity index (χ0v) is 25.1. The third kappa shape index (κ3) is 4.40. The molecule has 44 heavy (non-hydrogen) atoms. The maximum Gasteiger partial charge on any atom is 0.145 e. The van der Waals surface area contributed by atoms with Gasteiger partial charge in [0.15, 0.2) is 0 Å². The highest BCUT2D eigenvalue weighted by Gasteiger charge is 2.19. The zero-order valence-electron chi connectivity index (χ0n) is 25.1. The molecule has 2 heterocycles. The van der Waals surface area contributed by atoms with Gasteiger partial charge in [0.2, 0.25) is 0 Å². The Hall–Kier alpha value is -5.41. The van der Waals surface area contributed by atoms with Gasteiger partial charge in [0.05, 0.1) is 11.0 Å².